The Balaban J connectivity index is 1.73. The Kier molecular flexibility index (Phi) is 13.7. The normalized spacial score (nSPS) is 11.4. The SMILES string of the molecule is C=CC(=O)OCCOc1ccc(C(C)(C)c2ccc(OCCOC(=O)NCCC[Si](OC)(OC)OC)cc2)cc1. The molecule has 0 aromatic heterocycles. The number of esters is 1. The molecule has 0 aliphatic heterocycles. The minimum absolute atomic E-state index is 0.122. The predicted octanol–water partition coefficient (Wildman–Crippen LogP) is 4.49. The monoisotopic (exact) mass is 575 g/mol. The lowest BCUT2D eigenvalue weighted by Gasteiger charge is -2.26. The van der Waals surface area contributed by atoms with E-state index in [-0.39, 0.29) is 31.8 Å². The maximum absolute atomic E-state index is 11.9. The van der Waals surface area contributed by atoms with Crippen molar-refractivity contribution in [2.75, 3.05) is 54.3 Å². The van der Waals surface area contributed by atoms with E-state index < -0.39 is 20.9 Å². The molecule has 0 radical (unpaired) electrons. The average Bonchev–Trinajstić information content (AvgIpc) is 2.98. The zero-order chi connectivity index (χ0) is 29.4. The molecule has 0 bridgehead atoms. The molecule has 0 saturated heterocycles. The lowest BCUT2D eigenvalue weighted by molar-refractivity contribution is -0.138. The Bertz CT molecular complexity index is 1050. The van der Waals surface area contributed by atoms with Gasteiger partial charge in [-0.2, -0.15) is 0 Å². The number of benzene rings is 2. The summed E-state index contributed by atoms with van der Waals surface area (Å²) >= 11 is 0. The molecule has 0 fully saturated rings. The third kappa shape index (κ3) is 10.3. The summed E-state index contributed by atoms with van der Waals surface area (Å²) in [5.74, 6) is 0.910. The van der Waals surface area contributed by atoms with Crippen LogP contribution in [0.25, 0.3) is 0 Å². The van der Waals surface area contributed by atoms with E-state index in [1.165, 1.54) is 0 Å². The van der Waals surface area contributed by atoms with Gasteiger partial charge in [-0.05, 0) is 41.8 Å². The highest BCUT2D eigenvalue weighted by Gasteiger charge is 2.36. The molecule has 2 aromatic carbocycles. The second kappa shape index (κ2) is 16.7. The fourth-order valence-corrected chi connectivity index (χ4v) is 5.58. The van der Waals surface area contributed by atoms with Gasteiger partial charge in [0.1, 0.15) is 37.9 Å². The smallest absolute Gasteiger partial charge is 0.490 e. The molecule has 1 N–H and O–H groups in total. The van der Waals surface area contributed by atoms with Crippen LogP contribution in [0, 0.1) is 0 Å². The van der Waals surface area contributed by atoms with Gasteiger partial charge in [-0.15, -0.1) is 0 Å². The van der Waals surface area contributed by atoms with Gasteiger partial charge in [-0.1, -0.05) is 44.7 Å². The van der Waals surface area contributed by atoms with Crippen molar-refractivity contribution in [3.63, 3.8) is 0 Å². The second-order valence-corrected chi connectivity index (χ2v) is 12.3. The van der Waals surface area contributed by atoms with Crippen LogP contribution in [0.3, 0.4) is 0 Å². The quantitative estimate of drug-likeness (QED) is 0.119. The summed E-state index contributed by atoms with van der Waals surface area (Å²) in [5, 5.41) is 2.70. The molecule has 0 heterocycles. The van der Waals surface area contributed by atoms with Crippen molar-refractivity contribution in [1.29, 1.82) is 0 Å². The Labute approximate surface area is 237 Å². The fraction of sp³-hybridized carbons (Fsp3) is 0.448. The fourth-order valence-electron chi connectivity index (χ4n) is 3.86. The number of alkyl carbamates (subject to hydrolysis) is 1. The maximum atomic E-state index is 11.9. The van der Waals surface area contributed by atoms with E-state index in [9.17, 15) is 9.59 Å². The Morgan fingerprint density at radius 3 is 1.73 bits per heavy atom. The number of nitrogens with one attached hydrogen (secondary N) is 1. The van der Waals surface area contributed by atoms with Gasteiger partial charge in [0.15, 0.2) is 0 Å². The standard InChI is InChI=1S/C29H41NO9Si/c1-7-27(31)38-20-18-36-25-13-9-23(10-14-25)29(2,3)24-11-15-26(16-12-24)37-19-21-39-28(32)30-17-8-22-40(33-4,34-5)35-6/h7,9-16H,1,8,17-22H2,2-6H3,(H,30,32). The molecular formula is C29H41NO9Si. The summed E-state index contributed by atoms with van der Waals surface area (Å²) in [6, 6.07) is 16.2. The van der Waals surface area contributed by atoms with Gasteiger partial charge in [-0.3, -0.25) is 0 Å². The van der Waals surface area contributed by atoms with Crippen molar-refractivity contribution in [3.8, 4) is 11.5 Å². The van der Waals surface area contributed by atoms with Crippen molar-refractivity contribution in [1.82, 2.24) is 5.32 Å². The lowest BCUT2D eigenvalue weighted by Crippen LogP contribution is -2.43. The highest BCUT2D eigenvalue weighted by Crippen LogP contribution is 2.33. The molecule has 11 heteroatoms. The van der Waals surface area contributed by atoms with Gasteiger partial charge in [0, 0.05) is 45.4 Å². The predicted molar refractivity (Wildman–Crippen MR) is 153 cm³/mol. The number of hydrogen-bond donors (Lipinski definition) is 1. The molecule has 2 aromatic rings. The molecule has 0 atom stereocenters. The van der Waals surface area contributed by atoms with Crippen molar-refractivity contribution in [2.24, 2.45) is 0 Å². The average molecular weight is 576 g/mol. The van der Waals surface area contributed by atoms with E-state index in [0.29, 0.717) is 30.5 Å². The van der Waals surface area contributed by atoms with E-state index in [2.05, 4.69) is 25.7 Å². The first kappa shape index (κ1) is 32.8. The summed E-state index contributed by atoms with van der Waals surface area (Å²) in [5.41, 5.74) is 1.98. The third-order valence-electron chi connectivity index (χ3n) is 6.36. The van der Waals surface area contributed by atoms with E-state index >= 15 is 0 Å². The van der Waals surface area contributed by atoms with Gasteiger partial charge < -0.3 is 37.5 Å². The number of ether oxygens (including phenoxy) is 4. The molecule has 1 amide bonds. The Hall–Kier alpha value is -3.38. The Morgan fingerprint density at radius 1 is 0.800 bits per heavy atom. The molecule has 2 rings (SSSR count). The number of carbonyl (C=O) groups excluding carboxylic acids is 2. The third-order valence-corrected chi connectivity index (χ3v) is 9.19. The highest BCUT2D eigenvalue weighted by molar-refractivity contribution is 6.60. The highest BCUT2D eigenvalue weighted by atomic mass is 28.4. The number of amides is 1. The first-order valence-corrected chi connectivity index (χ1v) is 14.9. The van der Waals surface area contributed by atoms with Gasteiger partial charge in [0.2, 0.25) is 0 Å². The number of hydrogen-bond acceptors (Lipinski definition) is 9. The largest absolute Gasteiger partial charge is 0.500 e. The van der Waals surface area contributed by atoms with Crippen LogP contribution in [-0.4, -0.2) is 75.2 Å². The molecule has 0 aliphatic rings. The van der Waals surface area contributed by atoms with E-state index in [0.717, 1.165) is 17.2 Å². The van der Waals surface area contributed by atoms with Gasteiger partial charge in [0.25, 0.3) is 0 Å². The number of rotatable bonds is 18. The summed E-state index contributed by atoms with van der Waals surface area (Å²) < 4.78 is 37.5. The second-order valence-electron chi connectivity index (χ2n) is 9.20. The van der Waals surface area contributed by atoms with Crippen molar-refractivity contribution >= 4 is 20.9 Å². The van der Waals surface area contributed by atoms with Crippen molar-refractivity contribution in [3.05, 3.63) is 72.3 Å². The van der Waals surface area contributed by atoms with Crippen LogP contribution >= 0.6 is 0 Å². The summed E-state index contributed by atoms with van der Waals surface area (Å²) in [7, 11) is 2.03. The van der Waals surface area contributed by atoms with E-state index in [1.807, 2.05) is 48.5 Å². The minimum atomic E-state index is -2.64. The molecule has 0 spiro atoms. The number of carbonyl (C=O) groups is 2. The van der Waals surface area contributed by atoms with Gasteiger partial charge in [-0.25, -0.2) is 9.59 Å². The summed E-state index contributed by atoms with van der Waals surface area (Å²) in [6.07, 6.45) is 1.26. The molecule has 0 unspecified atom stereocenters. The van der Waals surface area contributed by atoms with Crippen LogP contribution in [0.5, 0.6) is 11.5 Å². The molecular weight excluding hydrogens is 534 g/mol. The molecule has 0 aliphatic carbocycles. The topological polar surface area (TPSA) is 111 Å². The summed E-state index contributed by atoms with van der Waals surface area (Å²) in [6.45, 7) is 8.84. The van der Waals surface area contributed by atoms with Crippen LogP contribution in [0.15, 0.2) is 61.2 Å². The van der Waals surface area contributed by atoms with Gasteiger partial charge in [0.05, 0.1) is 0 Å². The van der Waals surface area contributed by atoms with Crippen molar-refractivity contribution in [2.45, 2.75) is 31.7 Å². The van der Waals surface area contributed by atoms with Crippen LogP contribution in [0.1, 0.15) is 31.4 Å². The maximum Gasteiger partial charge on any atom is 0.500 e. The van der Waals surface area contributed by atoms with E-state index in [4.69, 9.17) is 32.2 Å². The van der Waals surface area contributed by atoms with Crippen LogP contribution < -0.4 is 14.8 Å². The van der Waals surface area contributed by atoms with Crippen LogP contribution in [0.2, 0.25) is 6.04 Å². The van der Waals surface area contributed by atoms with Crippen LogP contribution in [-0.2, 0) is 33.0 Å². The molecule has 10 nitrogen and oxygen atoms in total. The summed E-state index contributed by atoms with van der Waals surface area (Å²) in [4.78, 5) is 23.0. The first-order chi connectivity index (χ1) is 19.2. The zero-order valence-corrected chi connectivity index (χ0v) is 25.0. The Morgan fingerprint density at radius 2 is 1.27 bits per heavy atom. The van der Waals surface area contributed by atoms with Crippen molar-refractivity contribution < 1.29 is 41.8 Å². The van der Waals surface area contributed by atoms with E-state index in [1.54, 1.807) is 21.3 Å². The zero-order valence-electron chi connectivity index (χ0n) is 24.0. The van der Waals surface area contributed by atoms with Gasteiger partial charge >= 0.3 is 20.9 Å². The molecule has 220 valence electrons. The molecule has 40 heavy (non-hydrogen) atoms. The molecule has 0 saturated carbocycles. The lowest BCUT2D eigenvalue weighted by atomic mass is 9.78. The minimum Gasteiger partial charge on any atom is -0.490 e. The first-order valence-electron chi connectivity index (χ1n) is 13.0. The van der Waals surface area contributed by atoms with Crippen LogP contribution in [0.4, 0.5) is 4.79 Å².